The lowest BCUT2D eigenvalue weighted by Gasteiger charge is -2.07. The lowest BCUT2D eigenvalue weighted by Crippen LogP contribution is -2.03. The predicted octanol–water partition coefficient (Wildman–Crippen LogP) is 2.10. The number of carbonyl (C=O) groups excluding carboxylic acids is 1. The molecule has 0 saturated heterocycles. The highest BCUT2D eigenvalue weighted by Crippen LogP contribution is 2.29. The summed E-state index contributed by atoms with van der Waals surface area (Å²) in [5.74, 6) is -0.0912. The summed E-state index contributed by atoms with van der Waals surface area (Å²) in [6.45, 7) is 3.33. The van der Waals surface area contributed by atoms with Crippen LogP contribution in [0.3, 0.4) is 0 Å². The third-order valence-electron chi connectivity index (χ3n) is 2.44. The summed E-state index contributed by atoms with van der Waals surface area (Å²) >= 11 is 0. The molecule has 0 saturated carbocycles. The Kier molecular flexibility index (Phi) is 2.70. The summed E-state index contributed by atoms with van der Waals surface area (Å²) in [6, 6.07) is 8.58. The summed E-state index contributed by atoms with van der Waals surface area (Å²) in [7, 11) is 0. The molecule has 4 heteroatoms. The lowest BCUT2D eigenvalue weighted by atomic mass is 10.1. The highest BCUT2D eigenvalue weighted by molar-refractivity contribution is 6.01. The molecule has 4 nitrogen and oxygen atoms in total. The fourth-order valence-electron chi connectivity index (χ4n) is 1.59. The van der Waals surface area contributed by atoms with E-state index in [9.17, 15) is 4.79 Å². The van der Waals surface area contributed by atoms with Crippen molar-refractivity contribution < 1.29 is 9.53 Å². The molecule has 0 fully saturated rings. The van der Waals surface area contributed by atoms with Crippen molar-refractivity contribution in [2.45, 2.75) is 0 Å². The Morgan fingerprint density at radius 3 is 2.41 bits per heavy atom. The molecule has 0 heterocycles. The summed E-state index contributed by atoms with van der Waals surface area (Å²) < 4.78 is 5.01. The van der Waals surface area contributed by atoms with E-state index < -0.39 is 5.97 Å². The number of nitrogen functional groups attached to an aromatic ring is 2. The Morgan fingerprint density at radius 2 is 1.76 bits per heavy atom. The molecule has 17 heavy (non-hydrogen) atoms. The van der Waals surface area contributed by atoms with Crippen LogP contribution in [0.15, 0.2) is 43.0 Å². The van der Waals surface area contributed by atoms with Crippen molar-refractivity contribution in [1.29, 1.82) is 0 Å². The molecule has 0 atom stereocenters. The Hall–Kier alpha value is -2.49. The van der Waals surface area contributed by atoms with Crippen LogP contribution < -0.4 is 16.2 Å². The van der Waals surface area contributed by atoms with Crippen LogP contribution in [0.4, 0.5) is 11.4 Å². The second kappa shape index (κ2) is 4.17. The molecule has 2 aromatic rings. The molecule has 2 aromatic carbocycles. The molecule has 0 spiro atoms. The van der Waals surface area contributed by atoms with E-state index in [1.54, 1.807) is 30.3 Å². The van der Waals surface area contributed by atoms with Crippen LogP contribution in [0.1, 0.15) is 0 Å². The van der Waals surface area contributed by atoms with Crippen LogP contribution >= 0.6 is 0 Å². The van der Waals surface area contributed by atoms with Gasteiger partial charge in [0.25, 0.3) is 0 Å². The normalized spacial score (nSPS) is 10.1. The molecule has 0 radical (unpaired) electrons. The maximum Gasteiger partial charge on any atom is 0.335 e. The summed E-state index contributed by atoms with van der Waals surface area (Å²) in [5.41, 5.74) is 12.9. The standard InChI is InChI=1S/C13H12N2O2/c1-2-13(16)17-8-3-4-9-10(7-8)12(15)6-5-11(9)14/h2-7H,1,14-15H2. The van der Waals surface area contributed by atoms with Gasteiger partial charge in [0, 0.05) is 28.2 Å². The molecule has 0 unspecified atom stereocenters. The van der Waals surface area contributed by atoms with Gasteiger partial charge in [-0.1, -0.05) is 6.58 Å². The molecule has 2 rings (SSSR count). The van der Waals surface area contributed by atoms with Gasteiger partial charge >= 0.3 is 5.97 Å². The first-order valence-electron chi connectivity index (χ1n) is 5.04. The smallest absolute Gasteiger partial charge is 0.335 e. The van der Waals surface area contributed by atoms with Crippen LogP contribution in [-0.4, -0.2) is 5.97 Å². The molecule has 0 aliphatic heterocycles. The fourth-order valence-corrected chi connectivity index (χ4v) is 1.59. The van der Waals surface area contributed by atoms with Gasteiger partial charge in [-0.15, -0.1) is 0 Å². The third kappa shape index (κ3) is 2.06. The number of rotatable bonds is 2. The van der Waals surface area contributed by atoms with Crippen molar-refractivity contribution in [3.63, 3.8) is 0 Å². The van der Waals surface area contributed by atoms with E-state index in [0.29, 0.717) is 17.1 Å². The van der Waals surface area contributed by atoms with Crippen molar-refractivity contribution in [3.05, 3.63) is 43.0 Å². The molecule has 0 aromatic heterocycles. The molecular formula is C13H12N2O2. The average Bonchev–Trinajstić information content (AvgIpc) is 2.34. The van der Waals surface area contributed by atoms with Gasteiger partial charge < -0.3 is 16.2 Å². The molecule has 0 aliphatic carbocycles. The number of esters is 1. The Balaban J connectivity index is 2.53. The minimum absolute atomic E-state index is 0.416. The van der Waals surface area contributed by atoms with Crippen LogP contribution in [0.2, 0.25) is 0 Å². The van der Waals surface area contributed by atoms with E-state index >= 15 is 0 Å². The van der Waals surface area contributed by atoms with E-state index in [-0.39, 0.29) is 0 Å². The highest BCUT2D eigenvalue weighted by atomic mass is 16.5. The number of hydrogen-bond donors (Lipinski definition) is 2. The quantitative estimate of drug-likeness (QED) is 0.357. The molecule has 86 valence electrons. The van der Waals surface area contributed by atoms with Crippen LogP contribution in [-0.2, 0) is 4.79 Å². The van der Waals surface area contributed by atoms with Crippen molar-refractivity contribution in [1.82, 2.24) is 0 Å². The van der Waals surface area contributed by atoms with Crippen molar-refractivity contribution in [3.8, 4) is 5.75 Å². The van der Waals surface area contributed by atoms with Crippen molar-refractivity contribution >= 4 is 28.1 Å². The molecule has 0 aliphatic rings. The highest BCUT2D eigenvalue weighted by Gasteiger charge is 2.05. The van der Waals surface area contributed by atoms with Crippen molar-refractivity contribution in [2.24, 2.45) is 0 Å². The van der Waals surface area contributed by atoms with Crippen LogP contribution in [0.5, 0.6) is 5.75 Å². The number of hydrogen-bond acceptors (Lipinski definition) is 4. The van der Waals surface area contributed by atoms with Crippen LogP contribution in [0.25, 0.3) is 10.8 Å². The van der Waals surface area contributed by atoms with Gasteiger partial charge in [0.2, 0.25) is 0 Å². The van der Waals surface area contributed by atoms with Gasteiger partial charge in [0.05, 0.1) is 0 Å². The topological polar surface area (TPSA) is 78.3 Å². The zero-order chi connectivity index (χ0) is 12.4. The number of fused-ring (bicyclic) bond motifs is 1. The van der Waals surface area contributed by atoms with Crippen LogP contribution in [0, 0.1) is 0 Å². The van der Waals surface area contributed by atoms with Crippen molar-refractivity contribution in [2.75, 3.05) is 11.5 Å². The summed E-state index contributed by atoms with van der Waals surface area (Å²) in [4.78, 5) is 11.1. The van der Waals surface area contributed by atoms with E-state index in [2.05, 4.69) is 6.58 Å². The first-order chi connectivity index (χ1) is 8.11. The second-order valence-corrected chi connectivity index (χ2v) is 3.58. The van der Waals surface area contributed by atoms with Gasteiger partial charge in [-0.05, 0) is 30.3 Å². The SMILES string of the molecule is C=CC(=O)Oc1ccc2c(N)ccc(N)c2c1. The fraction of sp³-hybridized carbons (Fsp3) is 0. The number of nitrogens with two attached hydrogens (primary N) is 2. The number of ether oxygens (including phenoxy) is 1. The first kappa shape index (κ1) is 11.0. The Bertz CT molecular complexity index is 606. The summed E-state index contributed by atoms with van der Waals surface area (Å²) in [5, 5.41) is 1.60. The zero-order valence-electron chi connectivity index (χ0n) is 9.14. The molecule has 0 amide bonds. The average molecular weight is 228 g/mol. The lowest BCUT2D eigenvalue weighted by molar-refractivity contribution is -0.128. The minimum Gasteiger partial charge on any atom is -0.423 e. The Labute approximate surface area is 98.5 Å². The maximum absolute atomic E-state index is 11.1. The van der Waals surface area contributed by atoms with Gasteiger partial charge in [0.1, 0.15) is 5.75 Å². The zero-order valence-corrected chi connectivity index (χ0v) is 9.14. The molecule has 0 bridgehead atoms. The predicted molar refractivity (Wildman–Crippen MR) is 68.6 cm³/mol. The maximum atomic E-state index is 11.1. The first-order valence-corrected chi connectivity index (χ1v) is 5.04. The van der Waals surface area contributed by atoms with Gasteiger partial charge in [-0.25, -0.2) is 4.79 Å². The van der Waals surface area contributed by atoms with E-state index in [1.807, 2.05) is 0 Å². The number of anilines is 2. The van der Waals surface area contributed by atoms with E-state index in [1.165, 1.54) is 0 Å². The number of carbonyl (C=O) groups is 1. The molecule has 4 N–H and O–H groups in total. The minimum atomic E-state index is -0.508. The second-order valence-electron chi connectivity index (χ2n) is 3.58. The van der Waals surface area contributed by atoms with Gasteiger partial charge in [-0.2, -0.15) is 0 Å². The third-order valence-corrected chi connectivity index (χ3v) is 2.44. The van der Waals surface area contributed by atoms with E-state index in [4.69, 9.17) is 16.2 Å². The largest absolute Gasteiger partial charge is 0.423 e. The Morgan fingerprint density at radius 1 is 1.12 bits per heavy atom. The van der Waals surface area contributed by atoms with Gasteiger partial charge in [-0.3, -0.25) is 0 Å². The summed E-state index contributed by atoms with van der Waals surface area (Å²) in [6.07, 6.45) is 1.10. The van der Waals surface area contributed by atoms with E-state index in [0.717, 1.165) is 16.8 Å². The van der Waals surface area contributed by atoms with Gasteiger partial charge in [0.15, 0.2) is 0 Å². The monoisotopic (exact) mass is 228 g/mol. The number of benzene rings is 2. The molecular weight excluding hydrogens is 216 g/mol.